The molecule has 7 aromatic rings. The number of hydrogen-bond acceptors (Lipinski definition) is 12. The van der Waals surface area contributed by atoms with Crippen LogP contribution in [0.5, 0.6) is 0 Å². The van der Waals surface area contributed by atoms with E-state index in [-0.39, 0.29) is 51.9 Å². The Morgan fingerprint density at radius 3 is 1.43 bits per heavy atom. The average Bonchev–Trinajstić information content (AvgIpc) is 3.94. The van der Waals surface area contributed by atoms with Crippen LogP contribution in [-0.2, 0) is 11.3 Å². The van der Waals surface area contributed by atoms with Crippen LogP contribution in [-0.4, -0.2) is 54.2 Å². The second-order valence-corrected chi connectivity index (χ2v) is 13.3. The minimum Gasteiger partial charge on any atom is -0.442 e. The highest BCUT2D eigenvalue weighted by Crippen LogP contribution is 2.41. The van der Waals surface area contributed by atoms with Gasteiger partial charge in [0, 0.05) is 22.3 Å². The van der Waals surface area contributed by atoms with E-state index in [4.69, 9.17) is 14.7 Å². The first kappa shape index (κ1) is 28.9. The molecule has 0 radical (unpaired) electrons. The van der Waals surface area contributed by atoms with Gasteiger partial charge in [-0.05, 0) is 17.7 Å². The monoisotopic (exact) mass is 679 g/mol. The maximum Gasteiger partial charge on any atom is 0.452 e. The van der Waals surface area contributed by atoms with Gasteiger partial charge in [0.1, 0.15) is 38.7 Å². The largest absolute Gasteiger partial charge is 0.452 e. The van der Waals surface area contributed by atoms with Crippen molar-refractivity contribution in [3.8, 4) is 0 Å². The molecule has 0 fully saturated rings. The molecule has 0 bridgehead atoms. The number of rotatable bonds is 4. The van der Waals surface area contributed by atoms with Crippen molar-refractivity contribution in [3.05, 3.63) is 128 Å². The van der Waals surface area contributed by atoms with Gasteiger partial charge in [-0.15, -0.1) is 32.9 Å². The van der Waals surface area contributed by atoms with Crippen molar-refractivity contribution in [2.45, 2.75) is 6.61 Å². The lowest BCUT2D eigenvalue weighted by molar-refractivity contribution is 0.0975. The summed E-state index contributed by atoms with van der Waals surface area (Å²) in [6, 6.07) is 22.4. The number of fused-ring (bicyclic) bond motifs is 8. The summed E-state index contributed by atoms with van der Waals surface area (Å²) in [4.78, 5) is 76.0. The van der Waals surface area contributed by atoms with Crippen LogP contribution in [0.4, 0.5) is 4.79 Å². The van der Waals surface area contributed by atoms with E-state index < -0.39 is 6.09 Å². The molecule has 0 unspecified atom stereocenters. The van der Waals surface area contributed by atoms with Crippen molar-refractivity contribution in [2.75, 3.05) is 0 Å². The molecule has 2 aliphatic rings. The summed E-state index contributed by atoms with van der Waals surface area (Å²) in [6.45, 7) is 0.000113. The van der Waals surface area contributed by atoms with E-state index in [9.17, 15) is 24.0 Å². The minimum absolute atomic E-state index is 0.000113. The first-order valence-corrected chi connectivity index (χ1v) is 16.5. The quantitative estimate of drug-likeness (QED) is 0.144. The van der Waals surface area contributed by atoms with Gasteiger partial charge < -0.3 is 4.74 Å². The van der Waals surface area contributed by atoms with Crippen LogP contribution in [0.15, 0.2) is 90.0 Å². The first-order chi connectivity index (χ1) is 23.9. The number of ketones is 4. The number of benzene rings is 4. The molecule has 0 atom stereocenters. The average molecular weight is 680 g/mol. The van der Waals surface area contributed by atoms with Gasteiger partial charge in [-0.25, -0.2) is 14.8 Å². The highest BCUT2D eigenvalue weighted by molar-refractivity contribution is 7.27. The minimum atomic E-state index is -0.823. The molecule has 0 aliphatic heterocycles. The Labute approximate surface area is 282 Å². The van der Waals surface area contributed by atoms with E-state index in [2.05, 4.69) is 10.2 Å². The third-order valence-corrected chi connectivity index (χ3v) is 10.4. The smallest absolute Gasteiger partial charge is 0.442 e. The normalized spacial score (nSPS) is 14.0. The lowest BCUT2D eigenvalue weighted by atomic mass is 10.1. The highest BCUT2D eigenvalue weighted by Gasteiger charge is 2.34. The van der Waals surface area contributed by atoms with Crippen molar-refractivity contribution in [1.29, 1.82) is 0 Å². The first-order valence-electron chi connectivity index (χ1n) is 14.9. The van der Waals surface area contributed by atoms with Crippen molar-refractivity contribution < 1.29 is 28.7 Å². The van der Waals surface area contributed by atoms with Gasteiger partial charge in [0.25, 0.3) is 0 Å². The molecular weight excluding hydrogens is 663 g/mol. The van der Waals surface area contributed by atoms with E-state index >= 15 is 0 Å². The number of carbonyl (C=O) groups is 5. The van der Waals surface area contributed by atoms with Crippen LogP contribution in [0.3, 0.4) is 0 Å². The summed E-state index contributed by atoms with van der Waals surface area (Å²) < 4.78 is 6.69. The summed E-state index contributed by atoms with van der Waals surface area (Å²) in [5.74, 6) is -1.55. The lowest BCUT2D eigenvalue weighted by Crippen LogP contribution is -2.16. The number of aromatic nitrogens is 5. The van der Waals surface area contributed by atoms with Gasteiger partial charge in [0.05, 0.1) is 20.5 Å². The Morgan fingerprint density at radius 1 is 0.592 bits per heavy atom. The molecule has 4 aromatic carbocycles. The molecule has 49 heavy (non-hydrogen) atoms. The summed E-state index contributed by atoms with van der Waals surface area (Å²) in [5.41, 5.74) is 3.35. The zero-order valence-electron chi connectivity index (χ0n) is 24.9. The van der Waals surface area contributed by atoms with E-state index in [1.54, 1.807) is 48.5 Å². The Hall–Kier alpha value is -6.31. The zero-order valence-corrected chi connectivity index (χ0v) is 26.5. The van der Waals surface area contributed by atoms with Crippen LogP contribution < -0.4 is 0 Å². The Bertz CT molecular complexity index is 2490. The summed E-state index contributed by atoms with van der Waals surface area (Å²) in [5, 5.41) is 9.59. The molecule has 2 aliphatic carbocycles. The van der Waals surface area contributed by atoms with Crippen molar-refractivity contribution in [1.82, 2.24) is 25.0 Å². The standard InChI is InChI=1S/C36H17N5O6S2/c42-30-18-10-4-5-11-19(18)31(43)22(30)14-24-37-28-26-27(40-41(39-26)36(46)47-16-17-8-2-1-3-9-17)29-35(34(28)48-24)49-25(38-29)15-23-32(44)20-12-6-7-13-21(20)33(23)45/h1-15H,16H2. The maximum atomic E-state index is 13.1. The van der Waals surface area contributed by atoms with E-state index in [0.29, 0.717) is 52.7 Å². The Morgan fingerprint density at radius 2 is 1.00 bits per heavy atom. The number of allylic oxidation sites excluding steroid dienone is 2. The fourth-order valence-corrected chi connectivity index (χ4v) is 8.12. The van der Waals surface area contributed by atoms with Gasteiger partial charge in [0.2, 0.25) is 0 Å². The van der Waals surface area contributed by atoms with E-state index in [1.165, 1.54) is 34.8 Å². The third-order valence-electron chi connectivity index (χ3n) is 8.27. The zero-order chi connectivity index (χ0) is 33.4. The predicted octanol–water partition coefficient (Wildman–Crippen LogP) is 6.76. The number of nitrogens with zero attached hydrogens (tertiary/aromatic N) is 5. The molecule has 0 amide bonds. The number of thiazole rings is 2. The molecule has 9 rings (SSSR count). The van der Waals surface area contributed by atoms with Crippen molar-refractivity contribution >= 4 is 95.5 Å². The van der Waals surface area contributed by atoms with Gasteiger partial charge in [0.15, 0.2) is 23.1 Å². The summed E-state index contributed by atoms with van der Waals surface area (Å²) in [6.07, 6.45) is 2.10. The molecular formula is C36H17N5O6S2. The van der Waals surface area contributed by atoms with Gasteiger partial charge in [-0.2, -0.15) is 0 Å². The fourth-order valence-electron chi connectivity index (χ4n) is 5.96. The van der Waals surface area contributed by atoms with Crippen LogP contribution in [0, 0.1) is 0 Å². The van der Waals surface area contributed by atoms with Crippen molar-refractivity contribution in [3.63, 3.8) is 0 Å². The van der Waals surface area contributed by atoms with Gasteiger partial charge in [-0.3, -0.25) is 19.2 Å². The Balaban J connectivity index is 1.19. The van der Waals surface area contributed by atoms with Gasteiger partial charge >= 0.3 is 6.09 Å². The molecule has 3 aromatic heterocycles. The SMILES string of the molecule is O=C1C(=Cc2nc3c4nn(C(=O)OCc5ccccc5)nc4c4nc(C=C5C(=O)c6ccccc6C5=O)sc4c3s2)C(=O)c2ccccc21. The van der Waals surface area contributed by atoms with E-state index in [1.807, 2.05) is 30.3 Å². The van der Waals surface area contributed by atoms with Crippen LogP contribution >= 0.6 is 22.7 Å². The second kappa shape index (κ2) is 10.9. The number of carbonyl (C=O) groups excluding carboxylic acids is 5. The van der Waals surface area contributed by atoms with Crippen molar-refractivity contribution in [2.24, 2.45) is 0 Å². The van der Waals surface area contributed by atoms with E-state index in [0.717, 1.165) is 10.4 Å². The molecule has 3 heterocycles. The van der Waals surface area contributed by atoms with Crippen LogP contribution in [0.25, 0.3) is 43.6 Å². The molecule has 0 N–H and O–H groups in total. The Kier molecular flexibility index (Phi) is 6.41. The molecule has 0 spiro atoms. The third kappa shape index (κ3) is 4.51. The molecule has 234 valence electrons. The molecule has 13 heteroatoms. The van der Waals surface area contributed by atoms with Gasteiger partial charge in [-0.1, -0.05) is 83.7 Å². The topological polar surface area (TPSA) is 151 Å². The molecule has 0 saturated carbocycles. The van der Waals surface area contributed by atoms with Crippen LogP contribution in [0.2, 0.25) is 0 Å². The highest BCUT2D eigenvalue weighted by atomic mass is 32.1. The number of Topliss-reactive ketones (excluding diaryl/α,β-unsaturated/α-hetero) is 4. The number of ether oxygens (including phenoxy) is 1. The lowest BCUT2D eigenvalue weighted by Gasteiger charge is -2.02. The van der Waals surface area contributed by atoms with Crippen LogP contribution in [0.1, 0.15) is 57.0 Å². The summed E-state index contributed by atoms with van der Waals surface area (Å²) in [7, 11) is 0. The predicted molar refractivity (Wildman–Crippen MR) is 182 cm³/mol. The second-order valence-electron chi connectivity index (χ2n) is 11.2. The number of hydrogen-bond donors (Lipinski definition) is 0. The molecule has 11 nitrogen and oxygen atoms in total. The fraction of sp³-hybridized carbons (Fsp3) is 0.0278. The maximum absolute atomic E-state index is 13.1. The summed E-state index contributed by atoms with van der Waals surface area (Å²) >= 11 is 2.43. The molecule has 0 saturated heterocycles.